The van der Waals surface area contributed by atoms with Crippen LogP contribution in [0.25, 0.3) is 0 Å². The lowest BCUT2D eigenvalue weighted by Crippen LogP contribution is -2.39. The second-order valence-corrected chi connectivity index (χ2v) is 5.03. The van der Waals surface area contributed by atoms with Gasteiger partial charge in [0.2, 0.25) is 0 Å². The number of hydrogen-bond acceptors (Lipinski definition) is 4. The van der Waals surface area contributed by atoms with E-state index in [1.54, 1.807) is 6.08 Å². The number of nitrogens with zero attached hydrogens (tertiary/aromatic N) is 1. The Labute approximate surface area is 136 Å². The summed E-state index contributed by atoms with van der Waals surface area (Å²) in [7, 11) is 2.03. The van der Waals surface area contributed by atoms with E-state index < -0.39 is 0 Å². The molecule has 1 atom stereocenters. The Morgan fingerprint density at radius 3 is 2.50 bits per heavy atom. The van der Waals surface area contributed by atoms with Crippen LogP contribution in [0, 0.1) is 5.41 Å². The molecule has 0 saturated carbocycles. The molecule has 0 aromatic heterocycles. The molecule has 1 aliphatic heterocycles. The first-order chi connectivity index (χ1) is 10.5. The molecule has 0 radical (unpaired) electrons. The molecule has 5 heteroatoms. The molecule has 0 aromatic carbocycles. The maximum absolute atomic E-state index is 8.98. The van der Waals surface area contributed by atoms with Gasteiger partial charge in [-0.3, -0.25) is 5.41 Å². The average molecular weight is 313 g/mol. The minimum absolute atomic E-state index is 0.151. The first-order valence-electron chi connectivity index (χ1n) is 8.19. The van der Waals surface area contributed by atoms with E-state index in [-0.39, 0.29) is 18.5 Å². The molecule has 22 heavy (non-hydrogen) atoms. The Morgan fingerprint density at radius 2 is 2.09 bits per heavy atom. The van der Waals surface area contributed by atoms with Gasteiger partial charge < -0.3 is 21.1 Å². The molecule has 0 spiro atoms. The molecule has 5 nitrogen and oxygen atoms in total. The zero-order chi connectivity index (χ0) is 17.5. The smallest absolute Gasteiger partial charge is 0.121 e. The van der Waals surface area contributed by atoms with Crippen LogP contribution in [0.5, 0.6) is 0 Å². The topological polar surface area (TPSA) is 85.4 Å². The van der Waals surface area contributed by atoms with E-state index in [0.29, 0.717) is 0 Å². The van der Waals surface area contributed by atoms with Crippen LogP contribution >= 0.6 is 0 Å². The molecule has 0 saturated heterocycles. The quantitative estimate of drug-likeness (QED) is 0.345. The van der Waals surface area contributed by atoms with Crippen molar-refractivity contribution in [2.75, 3.05) is 26.7 Å². The van der Waals surface area contributed by atoms with Crippen LogP contribution in [-0.4, -0.2) is 48.6 Å². The van der Waals surface area contributed by atoms with Gasteiger partial charge in [-0.2, -0.15) is 0 Å². The van der Waals surface area contributed by atoms with Crippen LogP contribution in [-0.2, 0) is 0 Å². The Kier molecular flexibility index (Phi) is 15.2. The lowest BCUT2D eigenvalue weighted by Gasteiger charge is -2.30. The van der Waals surface area contributed by atoms with Crippen molar-refractivity contribution in [3.8, 4) is 0 Å². The summed E-state index contributed by atoms with van der Waals surface area (Å²) in [5, 5.41) is 20.0. The minimum Gasteiger partial charge on any atom is -0.396 e. The summed E-state index contributed by atoms with van der Waals surface area (Å²) in [4.78, 5) is 2.16. The third kappa shape index (κ3) is 9.58. The van der Waals surface area contributed by atoms with E-state index in [4.69, 9.17) is 16.2 Å². The van der Waals surface area contributed by atoms with Crippen LogP contribution in [0.15, 0.2) is 23.9 Å². The SMILES string of the molecule is C=CC.CC.CCC(CCO)NC1=C(C(=N)N)CN(C)CC1. The van der Waals surface area contributed by atoms with E-state index in [1.165, 1.54) is 0 Å². The number of aliphatic hydroxyl groups excluding tert-OH is 1. The molecular formula is C17H36N4O. The molecule has 5 N–H and O–H groups in total. The Balaban J connectivity index is 0. The molecule has 1 unspecified atom stereocenters. The van der Waals surface area contributed by atoms with Crippen LogP contribution in [0.3, 0.4) is 0 Å². The fourth-order valence-corrected chi connectivity index (χ4v) is 2.09. The van der Waals surface area contributed by atoms with Gasteiger partial charge in [0.25, 0.3) is 0 Å². The number of aliphatic hydroxyl groups is 1. The Hall–Kier alpha value is -1.33. The molecule has 1 rings (SSSR count). The van der Waals surface area contributed by atoms with Crippen LogP contribution in [0.4, 0.5) is 0 Å². The highest BCUT2D eigenvalue weighted by molar-refractivity contribution is 5.95. The summed E-state index contributed by atoms with van der Waals surface area (Å²) in [5.41, 5.74) is 7.60. The maximum atomic E-state index is 8.98. The highest BCUT2D eigenvalue weighted by atomic mass is 16.3. The third-order valence-corrected chi connectivity index (χ3v) is 3.21. The van der Waals surface area contributed by atoms with Crippen molar-refractivity contribution in [2.24, 2.45) is 5.73 Å². The lowest BCUT2D eigenvalue weighted by atomic mass is 10.0. The fraction of sp³-hybridized carbons (Fsp3) is 0.706. The van der Waals surface area contributed by atoms with Gasteiger partial charge in [0.1, 0.15) is 5.84 Å². The first kappa shape index (κ1) is 22.9. The van der Waals surface area contributed by atoms with Gasteiger partial charge in [-0.15, -0.1) is 6.58 Å². The second-order valence-electron chi connectivity index (χ2n) is 5.03. The van der Waals surface area contributed by atoms with Crippen LogP contribution in [0.1, 0.15) is 47.0 Å². The van der Waals surface area contributed by atoms with E-state index in [0.717, 1.165) is 43.6 Å². The van der Waals surface area contributed by atoms with Crippen molar-refractivity contribution in [1.29, 1.82) is 5.41 Å². The summed E-state index contributed by atoms with van der Waals surface area (Å²) in [6, 6.07) is 0.271. The van der Waals surface area contributed by atoms with Gasteiger partial charge in [-0.25, -0.2) is 0 Å². The number of nitrogens with one attached hydrogen (secondary N) is 2. The normalized spacial score (nSPS) is 15.7. The lowest BCUT2D eigenvalue weighted by molar-refractivity contribution is 0.263. The number of likely N-dealkylation sites (N-methyl/N-ethyl adjacent to an activating group) is 1. The molecule has 1 aliphatic rings. The monoisotopic (exact) mass is 312 g/mol. The number of rotatable bonds is 6. The summed E-state index contributed by atoms with van der Waals surface area (Å²) < 4.78 is 0. The number of allylic oxidation sites excluding steroid dienone is 1. The maximum Gasteiger partial charge on any atom is 0.121 e. The van der Waals surface area contributed by atoms with Gasteiger partial charge in [-0.1, -0.05) is 26.8 Å². The van der Waals surface area contributed by atoms with Gasteiger partial charge in [-0.05, 0) is 26.8 Å². The highest BCUT2D eigenvalue weighted by Crippen LogP contribution is 2.16. The summed E-state index contributed by atoms with van der Waals surface area (Å²) in [6.07, 6.45) is 4.35. The molecular weight excluding hydrogens is 276 g/mol. The molecule has 0 bridgehead atoms. The van der Waals surface area contributed by atoms with Crippen molar-refractivity contribution in [3.63, 3.8) is 0 Å². The van der Waals surface area contributed by atoms with Crippen LogP contribution in [0.2, 0.25) is 0 Å². The molecule has 130 valence electrons. The predicted molar refractivity (Wildman–Crippen MR) is 97.2 cm³/mol. The third-order valence-electron chi connectivity index (χ3n) is 3.21. The zero-order valence-corrected chi connectivity index (χ0v) is 15.1. The molecule has 0 aromatic rings. The van der Waals surface area contributed by atoms with Gasteiger partial charge >= 0.3 is 0 Å². The first-order valence-corrected chi connectivity index (χ1v) is 8.19. The largest absolute Gasteiger partial charge is 0.396 e. The van der Waals surface area contributed by atoms with E-state index in [9.17, 15) is 0 Å². The van der Waals surface area contributed by atoms with Gasteiger partial charge in [0.15, 0.2) is 0 Å². The van der Waals surface area contributed by atoms with Crippen LogP contribution < -0.4 is 11.1 Å². The molecule has 0 fully saturated rings. The summed E-state index contributed by atoms with van der Waals surface area (Å²) >= 11 is 0. The number of amidine groups is 1. The summed E-state index contributed by atoms with van der Waals surface area (Å²) in [6.45, 7) is 13.2. The predicted octanol–water partition coefficient (Wildman–Crippen LogP) is 2.48. The van der Waals surface area contributed by atoms with Gasteiger partial charge in [0.05, 0.1) is 0 Å². The van der Waals surface area contributed by atoms with Crippen molar-refractivity contribution in [1.82, 2.24) is 10.2 Å². The molecule has 0 amide bonds. The second kappa shape index (κ2) is 14.6. The Bertz CT molecular complexity index is 340. The van der Waals surface area contributed by atoms with Gasteiger partial charge in [0, 0.05) is 43.4 Å². The van der Waals surface area contributed by atoms with E-state index in [1.807, 2.05) is 27.8 Å². The Morgan fingerprint density at radius 1 is 1.55 bits per heavy atom. The summed E-state index contributed by atoms with van der Waals surface area (Å²) in [5.74, 6) is 0.151. The van der Waals surface area contributed by atoms with Crippen molar-refractivity contribution in [2.45, 2.75) is 53.0 Å². The minimum atomic E-state index is 0.151. The number of nitrogens with two attached hydrogens (primary N) is 1. The highest BCUT2D eigenvalue weighted by Gasteiger charge is 2.19. The van der Waals surface area contributed by atoms with Crippen molar-refractivity contribution in [3.05, 3.63) is 23.9 Å². The fourth-order valence-electron chi connectivity index (χ4n) is 2.09. The van der Waals surface area contributed by atoms with Crippen molar-refractivity contribution < 1.29 is 5.11 Å². The average Bonchev–Trinajstić information content (AvgIpc) is 2.51. The zero-order valence-electron chi connectivity index (χ0n) is 15.1. The standard InChI is InChI=1S/C12H24N4O.C3H6.C2H6/c1-3-9(5-7-17)15-11-4-6-16(2)8-10(11)12(13)14;1-3-2;1-2/h9,15,17H,3-8H2,1-2H3,(H3,13,14);3H,1H2,2H3;1-2H3. The molecule has 1 heterocycles. The van der Waals surface area contributed by atoms with E-state index in [2.05, 4.69) is 23.7 Å². The number of hydrogen-bond donors (Lipinski definition) is 4. The van der Waals surface area contributed by atoms with E-state index >= 15 is 0 Å². The van der Waals surface area contributed by atoms with Crippen molar-refractivity contribution >= 4 is 5.84 Å². The molecule has 0 aliphatic carbocycles.